The number of pyridine rings is 1. The number of nitro groups is 1. The lowest BCUT2D eigenvalue weighted by Gasteiger charge is -2.08. The molecule has 1 amide bonds. The van der Waals surface area contributed by atoms with Crippen molar-refractivity contribution in [1.29, 1.82) is 0 Å². The van der Waals surface area contributed by atoms with Gasteiger partial charge in [-0.05, 0) is 30.3 Å². The molecule has 0 spiro atoms. The molecule has 1 aromatic heterocycles. The molecule has 9 nitrogen and oxygen atoms in total. The Balaban J connectivity index is 1.80. The summed E-state index contributed by atoms with van der Waals surface area (Å²) in [5.74, 6) is 0.436. The van der Waals surface area contributed by atoms with Crippen LogP contribution in [-0.4, -0.2) is 36.2 Å². The van der Waals surface area contributed by atoms with E-state index in [9.17, 15) is 14.9 Å². The first kappa shape index (κ1) is 20.0. The second-order valence-electron chi connectivity index (χ2n) is 5.77. The van der Waals surface area contributed by atoms with E-state index < -0.39 is 10.8 Å². The van der Waals surface area contributed by atoms with Gasteiger partial charge in [0.2, 0.25) is 0 Å². The Morgan fingerprint density at radius 3 is 2.62 bits per heavy atom. The van der Waals surface area contributed by atoms with Gasteiger partial charge in [-0.1, -0.05) is 11.6 Å². The van der Waals surface area contributed by atoms with Gasteiger partial charge < -0.3 is 9.47 Å². The summed E-state index contributed by atoms with van der Waals surface area (Å²) in [5, 5.41) is 15.5. The van der Waals surface area contributed by atoms with E-state index in [1.807, 2.05) is 0 Å². The molecule has 3 rings (SSSR count). The van der Waals surface area contributed by atoms with Crippen molar-refractivity contribution in [3.8, 4) is 11.5 Å². The summed E-state index contributed by atoms with van der Waals surface area (Å²) in [5.41, 5.74) is 3.54. The van der Waals surface area contributed by atoms with Crippen molar-refractivity contribution < 1.29 is 19.2 Å². The number of fused-ring (bicyclic) bond motifs is 1. The number of hydrazone groups is 1. The Morgan fingerprint density at radius 2 is 1.93 bits per heavy atom. The minimum absolute atomic E-state index is 0.0636. The van der Waals surface area contributed by atoms with Gasteiger partial charge in [-0.15, -0.1) is 0 Å². The zero-order chi connectivity index (χ0) is 21.0. The fraction of sp³-hybridized carbons (Fsp3) is 0.105. The van der Waals surface area contributed by atoms with Crippen LogP contribution < -0.4 is 14.9 Å². The van der Waals surface area contributed by atoms with Crippen molar-refractivity contribution in [3.05, 3.63) is 68.9 Å². The van der Waals surface area contributed by atoms with Crippen LogP contribution in [0.3, 0.4) is 0 Å². The molecule has 10 heteroatoms. The molecule has 0 aliphatic heterocycles. The van der Waals surface area contributed by atoms with Crippen LogP contribution in [0.2, 0.25) is 5.15 Å². The molecular weight excluding hydrogens is 400 g/mol. The quantitative estimate of drug-likeness (QED) is 0.285. The lowest BCUT2D eigenvalue weighted by molar-refractivity contribution is -0.384. The molecule has 0 saturated carbocycles. The van der Waals surface area contributed by atoms with Crippen molar-refractivity contribution in [2.75, 3.05) is 14.2 Å². The lowest BCUT2D eigenvalue weighted by Crippen LogP contribution is -2.17. The van der Waals surface area contributed by atoms with Gasteiger partial charge in [0.15, 0.2) is 11.5 Å². The highest BCUT2D eigenvalue weighted by atomic mass is 35.5. The molecule has 1 heterocycles. The molecule has 148 valence electrons. The smallest absolute Gasteiger partial charge is 0.271 e. The van der Waals surface area contributed by atoms with E-state index in [0.29, 0.717) is 33.5 Å². The molecule has 1 N–H and O–H groups in total. The Bertz CT molecular complexity index is 1130. The normalized spacial score (nSPS) is 10.9. The van der Waals surface area contributed by atoms with Gasteiger partial charge in [-0.2, -0.15) is 5.10 Å². The third kappa shape index (κ3) is 4.41. The van der Waals surface area contributed by atoms with E-state index in [4.69, 9.17) is 21.1 Å². The maximum absolute atomic E-state index is 12.3. The fourth-order valence-electron chi connectivity index (χ4n) is 2.56. The number of aromatic nitrogens is 1. The first-order valence-electron chi connectivity index (χ1n) is 8.23. The second-order valence-corrected chi connectivity index (χ2v) is 6.13. The summed E-state index contributed by atoms with van der Waals surface area (Å²) >= 11 is 6.13. The number of non-ortho nitro benzene ring substituents is 1. The van der Waals surface area contributed by atoms with Gasteiger partial charge in [0.1, 0.15) is 5.15 Å². The molecule has 2 aromatic carbocycles. The minimum atomic E-state index is -0.495. The third-order valence-electron chi connectivity index (χ3n) is 4.01. The van der Waals surface area contributed by atoms with Crippen molar-refractivity contribution in [2.45, 2.75) is 0 Å². The highest BCUT2D eigenvalue weighted by Gasteiger charge is 2.11. The van der Waals surface area contributed by atoms with E-state index in [1.54, 1.807) is 18.2 Å². The highest BCUT2D eigenvalue weighted by Crippen LogP contribution is 2.27. The van der Waals surface area contributed by atoms with Crippen LogP contribution in [0.1, 0.15) is 15.9 Å². The number of carbonyl (C=O) groups is 1. The van der Waals surface area contributed by atoms with E-state index in [0.717, 1.165) is 0 Å². The topological polar surface area (TPSA) is 116 Å². The molecule has 0 unspecified atom stereocenters. The van der Waals surface area contributed by atoms with E-state index >= 15 is 0 Å². The number of nitro benzene ring substituents is 1. The molecule has 0 aliphatic rings. The monoisotopic (exact) mass is 414 g/mol. The Kier molecular flexibility index (Phi) is 5.89. The number of hydrogen-bond acceptors (Lipinski definition) is 7. The van der Waals surface area contributed by atoms with Gasteiger partial charge in [0.25, 0.3) is 11.6 Å². The van der Waals surface area contributed by atoms with E-state index in [1.165, 1.54) is 44.7 Å². The number of methoxy groups -OCH3 is 2. The highest BCUT2D eigenvalue weighted by molar-refractivity contribution is 6.32. The van der Waals surface area contributed by atoms with Gasteiger partial charge in [-0.25, -0.2) is 10.4 Å². The van der Waals surface area contributed by atoms with Crippen LogP contribution in [-0.2, 0) is 0 Å². The van der Waals surface area contributed by atoms with Crippen LogP contribution in [0.4, 0.5) is 5.69 Å². The molecular formula is C19H15ClN4O5. The number of nitrogens with one attached hydrogen (secondary N) is 1. The average Bonchev–Trinajstić information content (AvgIpc) is 2.72. The number of amides is 1. The van der Waals surface area contributed by atoms with Gasteiger partial charge in [-0.3, -0.25) is 14.9 Å². The van der Waals surface area contributed by atoms with Crippen LogP contribution >= 0.6 is 11.6 Å². The molecule has 0 fully saturated rings. The molecule has 0 bridgehead atoms. The lowest BCUT2D eigenvalue weighted by atomic mass is 10.1. The number of nitrogens with zero attached hydrogens (tertiary/aromatic N) is 3. The maximum atomic E-state index is 12.3. The number of carbonyl (C=O) groups excluding carboxylic acids is 1. The predicted octanol–water partition coefficient (Wildman–Crippen LogP) is 3.58. The number of hydrogen-bond donors (Lipinski definition) is 1. The molecule has 29 heavy (non-hydrogen) atoms. The van der Waals surface area contributed by atoms with Crippen LogP contribution in [0.5, 0.6) is 11.5 Å². The fourth-order valence-corrected chi connectivity index (χ4v) is 2.76. The third-order valence-corrected chi connectivity index (χ3v) is 4.31. The first-order valence-corrected chi connectivity index (χ1v) is 8.61. The molecule has 3 aromatic rings. The summed E-state index contributed by atoms with van der Waals surface area (Å²) < 4.78 is 10.3. The van der Waals surface area contributed by atoms with Crippen molar-refractivity contribution in [2.24, 2.45) is 5.10 Å². The second kappa shape index (κ2) is 8.53. The summed E-state index contributed by atoms with van der Waals surface area (Å²) in [6.07, 6.45) is 1.31. The van der Waals surface area contributed by atoms with Gasteiger partial charge in [0, 0.05) is 28.6 Å². The largest absolute Gasteiger partial charge is 0.493 e. The minimum Gasteiger partial charge on any atom is -0.493 e. The van der Waals surface area contributed by atoms with Crippen LogP contribution in [0, 0.1) is 10.1 Å². The van der Waals surface area contributed by atoms with Gasteiger partial charge in [0.05, 0.1) is 30.9 Å². The summed E-state index contributed by atoms with van der Waals surface area (Å²) in [6, 6.07) is 10.5. The summed E-state index contributed by atoms with van der Waals surface area (Å²) in [6.45, 7) is 0. The Morgan fingerprint density at radius 1 is 1.17 bits per heavy atom. The number of rotatable bonds is 6. The van der Waals surface area contributed by atoms with Crippen molar-refractivity contribution >= 4 is 40.3 Å². The van der Waals surface area contributed by atoms with Crippen LogP contribution in [0.25, 0.3) is 10.9 Å². The number of halogens is 1. The zero-order valence-electron chi connectivity index (χ0n) is 15.4. The first-order chi connectivity index (χ1) is 13.9. The Labute approximate surface area is 170 Å². The molecule has 0 radical (unpaired) electrons. The van der Waals surface area contributed by atoms with E-state index in [-0.39, 0.29) is 10.8 Å². The van der Waals surface area contributed by atoms with Crippen LogP contribution in [0.15, 0.2) is 47.6 Å². The van der Waals surface area contributed by atoms with E-state index in [2.05, 4.69) is 15.5 Å². The SMILES string of the molecule is COc1ccc(C(=O)N/N=C\c2cc3cc([N+](=O)[O-])ccc3nc2Cl)cc1OC. The maximum Gasteiger partial charge on any atom is 0.271 e. The zero-order valence-corrected chi connectivity index (χ0v) is 16.1. The van der Waals surface area contributed by atoms with Crippen molar-refractivity contribution in [1.82, 2.24) is 10.4 Å². The van der Waals surface area contributed by atoms with Gasteiger partial charge >= 0.3 is 0 Å². The Hall–Kier alpha value is -3.72. The summed E-state index contributed by atoms with van der Waals surface area (Å²) in [4.78, 5) is 26.9. The number of ether oxygens (including phenoxy) is 2. The molecule has 0 atom stereocenters. The molecule has 0 aliphatic carbocycles. The predicted molar refractivity (Wildman–Crippen MR) is 108 cm³/mol. The average molecular weight is 415 g/mol. The van der Waals surface area contributed by atoms with Crippen molar-refractivity contribution in [3.63, 3.8) is 0 Å². The molecule has 0 saturated heterocycles. The number of benzene rings is 2. The standard InChI is InChI=1S/C19H15ClN4O5/c1-28-16-6-3-11(9-17(16)29-2)19(25)23-21-10-13-7-12-8-14(24(26)27)4-5-15(12)22-18(13)20/h3-10H,1-2H3,(H,23,25)/b21-10-. The summed E-state index contributed by atoms with van der Waals surface area (Å²) in [7, 11) is 2.97.